The van der Waals surface area contributed by atoms with Crippen molar-refractivity contribution in [2.45, 2.75) is 32.4 Å². The molecule has 0 unspecified atom stereocenters. The van der Waals surface area contributed by atoms with Crippen molar-refractivity contribution in [2.24, 2.45) is 0 Å². The minimum Gasteiger partial charge on any atom is -1.00 e. The maximum atomic E-state index is 2.38. The minimum absolute atomic E-state index is 0. The summed E-state index contributed by atoms with van der Waals surface area (Å²) in [6.45, 7) is 2.17. The SMILES string of the molecule is [I-].[I-].c1ccc2c(c1)ccc[n+]2CCCCC[n+]1cccc2ccccc21. The van der Waals surface area contributed by atoms with Gasteiger partial charge in [0.2, 0.25) is 11.0 Å². The molecule has 0 aliphatic rings. The average molecular weight is 582 g/mol. The molecule has 0 N–H and O–H groups in total. The summed E-state index contributed by atoms with van der Waals surface area (Å²) < 4.78 is 4.75. The molecular weight excluding hydrogens is 558 g/mol. The third-order valence-corrected chi connectivity index (χ3v) is 4.87. The van der Waals surface area contributed by atoms with Gasteiger partial charge in [0, 0.05) is 47.9 Å². The molecule has 0 spiro atoms. The highest BCUT2D eigenvalue weighted by molar-refractivity contribution is 5.75. The van der Waals surface area contributed by atoms with Crippen molar-refractivity contribution in [2.75, 3.05) is 0 Å². The molecule has 0 fully saturated rings. The van der Waals surface area contributed by atoms with Gasteiger partial charge < -0.3 is 48.0 Å². The summed E-state index contributed by atoms with van der Waals surface area (Å²) in [5.41, 5.74) is 2.65. The lowest BCUT2D eigenvalue weighted by Crippen LogP contribution is -3.00. The molecule has 2 aromatic heterocycles. The molecule has 0 radical (unpaired) electrons. The molecule has 4 rings (SSSR count). The molecule has 0 aliphatic carbocycles. The fraction of sp³-hybridized carbons (Fsp3) is 0.217. The van der Waals surface area contributed by atoms with Gasteiger partial charge in [-0.1, -0.05) is 24.3 Å². The molecule has 4 heteroatoms. The summed E-state index contributed by atoms with van der Waals surface area (Å²) in [7, 11) is 0. The van der Waals surface area contributed by atoms with E-state index in [1.165, 1.54) is 41.1 Å². The van der Waals surface area contributed by atoms with Crippen molar-refractivity contribution in [3.63, 3.8) is 0 Å². The molecule has 2 heterocycles. The molecule has 0 amide bonds. The third kappa shape index (κ3) is 5.38. The van der Waals surface area contributed by atoms with Gasteiger partial charge in [0.15, 0.2) is 12.4 Å². The number of aryl methyl sites for hydroxylation is 2. The van der Waals surface area contributed by atoms with Gasteiger partial charge in [-0.2, -0.15) is 9.13 Å². The smallest absolute Gasteiger partial charge is 0.212 e. The van der Waals surface area contributed by atoms with Gasteiger partial charge in [0.1, 0.15) is 13.1 Å². The van der Waals surface area contributed by atoms with Crippen molar-refractivity contribution in [3.05, 3.63) is 85.2 Å². The van der Waals surface area contributed by atoms with E-state index in [4.69, 9.17) is 0 Å². The summed E-state index contributed by atoms with van der Waals surface area (Å²) in [5.74, 6) is 0. The Morgan fingerprint density at radius 1 is 0.481 bits per heavy atom. The normalized spacial score (nSPS) is 10.4. The molecule has 27 heavy (non-hydrogen) atoms. The second-order valence-corrected chi connectivity index (χ2v) is 6.58. The standard InChI is InChI=1S/C23H24N2.2HI/c1(6-16-24-18-8-12-20-10-2-4-14-22(20)24)7-17-25-19-9-13-21-11-3-5-15-23(21)25;;/h2-5,8-15,18-19H,1,6-7,16-17H2;2*1H/q+2;;/p-2. The molecule has 0 aliphatic heterocycles. The summed E-state index contributed by atoms with van der Waals surface area (Å²) in [6, 6.07) is 25.9. The molecule has 0 saturated carbocycles. The summed E-state index contributed by atoms with van der Waals surface area (Å²) in [6.07, 6.45) is 8.06. The number of aromatic nitrogens is 2. The summed E-state index contributed by atoms with van der Waals surface area (Å²) in [4.78, 5) is 0. The van der Waals surface area contributed by atoms with Crippen LogP contribution >= 0.6 is 0 Å². The van der Waals surface area contributed by atoms with Gasteiger partial charge in [-0.05, 0) is 30.7 Å². The van der Waals surface area contributed by atoms with Gasteiger partial charge in [0.05, 0.1) is 0 Å². The highest BCUT2D eigenvalue weighted by Crippen LogP contribution is 2.10. The molecule has 0 saturated heterocycles. The first-order valence-corrected chi connectivity index (χ1v) is 9.16. The van der Waals surface area contributed by atoms with Gasteiger partial charge in [-0.3, -0.25) is 0 Å². The lowest BCUT2D eigenvalue weighted by Gasteiger charge is -2.02. The van der Waals surface area contributed by atoms with E-state index in [0.29, 0.717) is 0 Å². The van der Waals surface area contributed by atoms with Crippen LogP contribution in [-0.2, 0) is 13.1 Å². The molecule has 4 aromatic rings. The van der Waals surface area contributed by atoms with Crippen LogP contribution in [0, 0.1) is 0 Å². The third-order valence-electron chi connectivity index (χ3n) is 4.87. The summed E-state index contributed by atoms with van der Waals surface area (Å²) >= 11 is 0. The van der Waals surface area contributed by atoms with Crippen LogP contribution in [-0.4, -0.2) is 0 Å². The van der Waals surface area contributed by atoms with E-state index < -0.39 is 0 Å². The number of benzene rings is 2. The van der Waals surface area contributed by atoms with Gasteiger partial charge in [-0.25, -0.2) is 0 Å². The van der Waals surface area contributed by atoms with Gasteiger partial charge >= 0.3 is 0 Å². The zero-order chi connectivity index (χ0) is 16.9. The van der Waals surface area contributed by atoms with E-state index in [0.717, 1.165) is 13.1 Å². The Balaban J connectivity index is 0.00000131. The number of halogens is 2. The van der Waals surface area contributed by atoms with Crippen LogP contribution in [0.25, 0.3) is 21.8 Å². The Labute approximate surface area is 195 Å². The van der Waals surface area contributed by atoms with Crippen molar-refractivity contribution < 1.29 is 57.1 Å². The second kappa shape index (κ2) is 10.9. The van der Waals surface area contributed by atoms with Crippen LogP contribution in [0.1, 0.15) is 19.3 Å². The number of nitrogens with zero attached hydrogens (tertiary/aromatic N) is 2. The van der Waals surface area contributed by atoms with Crippen LogP contribution in [0.4, 0.5) is 0 Å². The predicted molar refractivity (Wildman–Crippen MR) is 102 cm³/mol. The quantitative estimate of drug-likeness (QED) is 0.148. The Kier molecular flexibility index (Phi) is 8.89. The Morgan fingerprint density at radius 3 is 1.37 bits per heavy atom. The van der Waals surface area contributed by atoms with E-state index in [9.17, 15) is 0 Å². The Bertz CT molecular complexity index is 910. The van der Waals surface area contributed by atoms with Crippen LogP contribution in [0.3, 0.4) is 0 Å². The fourth-order valence-electron chi connectivity index (χ4n) is 3.57. The molecule has 140 valence electrons. The van der Waals surface area contributed by atoms with E-state index in [2.05, 4.69) is 94.3 Å². The molecular formula is C23H24I2N2. The largest absolute Gasteiger partial charge is 1.00 e. The fourth-order valence-corrected chi connectivity index (χ4v) is 3.57. The number of rotatable bonds is 6. The maximum absolute atomic E-state index is 2.38. The number of hydrogen-bond acceptors (Lipinski definition) is 0. The minimum atomic E-state index is 0. The van der Waals surface area contributed by atoms with Crippen molar-refractivity contribution in [3.8, 4) is 0 Å². The zero-order valence-corrected chi connectivity index (χ0v) is 19.6. The Morgan fingerprint density at radius 2 is 0.889 bits per heavy atom. The molecule has 0 atom stereocenters. The van der Waals surface area contributed by atoms with E-state index in [1.54, 1.807) is 0 Å². The lowest BCUT2D eigenvalue weighted by molar-refractivity contribution is -0.675. The Hall–Kier alpha value is -1.28. The van der Waals surface area contributed by atoms with Gasteiger partial charge in [0.25, 0.3) is 0 Å². The van der Waals surface area contributed by atoms with Crippen LogP contribution in [0.15, 0.2) is 85.2 Å². The number of pyridine rings is 2. The molecule has 2 nitrogen and oxygen atoms in total. The number of unbranched alkanes of at least 4 members (excludes halogenated alkanes) is 2. The second-order valence-electron chi connectivity index (χ2n) is 6.58. The number of para-hydroxylation sites is 2. The summed E-state index contributed by atoms with van der Waals surface area (Å²) in [5, 5.41) is 2.63. The predicted octanol–water partition coefficient (Wildman–Crippen LogP) is -1.55. The molecule has 2 aromatic carbocycles. The highest BCUT2D eigenvalue weighted by Gasteiger charge is 2.09. The first kappa shape index (κ1) is 22.0. The van der Waals surface area contributed by atoms with Crippen LogP contribution < -0.4 is 57.1 Å². The monoisotopic (exact) mass is 582 g/mol. The van der Waals surface area contributed by atoms with E-state index in [-0.39, 0.29) is 48.0 Å². The van der Waals surface area contributed by atoms with E-state index >= 15 is 0 Å². The number of hydrogen-bond donors (Lipinski definition) is 0. The first-order valence-electron chi connectivity index (χ1n) is 9.16. The average Bonchev–Trinajstić information content (AvgIpc) is 2.68. The topological polar surface area (TPSA) is 7.76 Å². The lowest BCUT2D eigenvalue weighted by atomic mass is 10.2. The van der Waals surface area contributed by atoms with Crippen molar-refractivity contribution in [1.82, 2.24) is 0 Å². The van der Waals surface area contributed by atoms with Crippen LogP contribution in [0.2, 0.25) is 0 Å². The van der Waals surface area contributed by atoms with Crippen molar-refractivity contribution in [1.29, 1.82) is 0 Å². The van der Waals surface area contributed by atoms with E-state index in [1.807, 2.05) is 0 Å². The molecule has 0 bridgehead atoms. The number of fused-ring (bicyclic) bond motifs is 2. The maximum Gasteiger partial charge on any atom is 0.212 e. The van der Waals surface area contributed by atoms with Crippen molar-refractivity contribution >= 4 is 21.8 Å². The zero-order valence-electron chi connectivity index (χ0n) is 15.3. The van der Waals surface area contributed by atoms with Crippen LogP contribution in [0.5, 0.6) is 0 Å². The van der Waals surface area contributed by atoms with Gasteiger partial charge in [-0.15, -0.1) is 0 Å². The highest BCUT2D eigenvalue weighted by atomic mass is 127. The first-order chi connectivity index (χ1) is 12.4.